The SMILES string of the molecule is CC(=O)OCC[C@H]1CC(C(C)(C)O)Oc2cc(C)c(O)c(Br)c21. The molecule has 0 saturated heterocycles. The Morgan fingerprint density at radius 1 is 1.52 bits per heavy atom. The highest BCUT2D eigenvalue weighted by atomic mass is 79.9. The number of carbonyl (C=O) groups excluding carboxylic acids is 1. The van der Waals surface area contributed by atoms with Crippen LogP contribution in [0.3, 0.4) is 0 Å². The van der Waals surface area contributed by atoms with Crippen molar-refractivity contribution >= 4 is 21.9 Å². The standard InChI is InChI=1S/C17H23BrO5/c1-9-7-12-14(15(18)16(9)20)11(5-6-22-10(2)19)8-13(23-12)17(3,4)21/h7,11,13,20-21H,5-6,8H2,1-4H3/t11-,13?/m0/s1. The summed E-state index contributed by atoms with van der Waals surface area (Å²) in [5.74, 6) is 0.530. The second-order valence-electron chi connectivity index (χ2n) is 6.59. The molecule has 0 fully saturated rings. The molecule has 1 aliphatic rings. The fourth-order valence-corrected chi connectivity index (χ4v) is 3.68. The predicted octanol–water partition coefficient (Wildman–Crippen LogP) is 3.42. The molecule has 0 spiro atoms. The Hall–Kier alpha value is -1.27. The summed E-state index contributed by atoms with van der Waals surface area (Å²) in [4.78, 5) is 11.0. The molecule has 0 aromatic heterocycles. The van der Waals surface area contributed by atoms with Gasteiger partial charge in [0.25, 0.3) is 0 Å². The van der Waals surface area contributed by atoms with Crippen LogP contribution in [0.25, 0.3) is 0 Å². The van der Waals surface area contributed by atoms with Gasteiger partial charge >= 0.3 is 5.97 Å². The van der Waals surface area contributed by atoms with Crippen LogP contribution in [0.1, 0.15) is 50.7 Å². The number of hydrogen-bond donors (Lipinski definition) is 2. The van der Waals surface area contributed by atoms with E-state index in [-0.39, 0.29) is 23.7 Å². The first kappa shape index (κ1) is 18.1. The third-order valence-electron chi connectivity index (χ3n) is 4.17. The molecule has 1 heterocycles. The number of fused-ring (bicyclic) bond motifs is 1. The van der Waals surface area contributed by atoms with E-state index >= 15 is 0 Å². The van der Waals surface area contributed by atoms with Crippen molar-refractivity contribution in [3.63, 3.8) is 0 Å². The second-order valence-corrected chi connectivity index (χ2v) is 7.38. The Morgan fingerprint density at radius 2 is 2.17 bits per heavy atom. The zero-order valence-electron chi connectivity index (χ0n) is 13.9. The van der Waals surface area contributed by atoms with E-state index in [0.29, 0.717) is 35.2 Å². The van der Waals surface area contributed by atoms with Gasteiger partial charge in [0.05, 0.1) is 16.7 Å². The van der Waals surface area contributed by atoms with E-state index < -0.39 is 5.60 Å². The molecule has 0 saturated carbocycles. The van der Waals surface area contributed by atoms with E-state index in [1.165, 1.54) is 6.92 Å². The lowest BCUT2D eigenvalue weighted by Gasteiger charge is -2.39. The molecule has 1 unspecified atom stereocenters. The van der Waals surface area contributed by atoms with Gasteiger partial charge in [0.15, 0.2) is 0 Å². The Labute approximate surface area is 144 Å². The van der Waals surface area contributed by atoms with E-state index in [4.69, 9.17) is 9.47 Å². The fraction of sp³-hybridized carbons (Fsp3) is 0.588. The van der Waals surface area contributed by atoms with Crippen molar-refractivity contribution in [2.75, 3.05) is 6.61 Å². The van der Waals surface area contributed by atoms with Gasteiger partial charge in [0.1, 0.15) is 17.6 Å². The Balaban J connectivity index is 2.37. The van der Waals surface area contributed by atoms with E-state index in [1.807, 2.05) is 0 Å². The molecule has 0 aliphatic carbocycles. The van der Waals surface area contributed by atoms with Crippen molar-refractivity contribution in [2.24, 2.45) is 0 Å². The zero-order chi connectivity index (χ0) is 17.4. The van der Waals surface area contributed by atoms with E-state index in [2.05, 4.69) is 15.9 Å². The van der Waals surface area contributed by atoms with Crippen molar-refractivity contribution in [1.82, 2.24) is 0 Å². The predicted molar refractivity (Wildman–Crippen MR) is 89.9 cm³/mol. The molecule has 2 atom stereocenters. The van der Waals surface area contributed by atoms with E-state index in [1.54, 1.807) is 26.8 Å². The van der Waals surface area contributed by atoms with E-state index in [9.17, 15) is 15.0 Å². The van der Waals surface area contributed by atoms with Gasteiger partial charge in [0, 0.05) is 12.5 Å². The van der Waals surface area contributed by atoms with Crippen molar-refractivity contribution in [3.05, 3.63) is 21.7 Å². The Kier molecular flexibility index (Phi) is 5.26. The van der Waals surface area contributed by atoms with Crippen LogP contribution in [0.4, 0.5) is 0 Å². The third kappa shape index (κ3) is 3.98. The maximum atomic E-state index is 11.0. The monoisotopic (exact) mass is 386 g/mol. The lowest BCUT2D eigenvalue weighted by atomic mass is 9.82. The van der Waals surface area contributed by atoms with Gasteiger partial charge in [-0.2, -0.15) is 0 Å². The summed E-state index contributed by atoms with van der Waals surface area (Å²) in [5.41, 5.74) is 0.571. The van der Waals surface area contributed by atoms with Gasteiger partial charge in [-0.1, -0.05) is 0 Å². The highest BCUT2D eigenvalue weighted by Crippen LogP contribution is 2.48. The highest BCUT2D eigenvalue weighted by Gasteiger charge is 2.38. The minimum atomic E-state index is -0.990. The number of esters is 1. The number of phenols is 1. The van der Waals surface area contributed by atoms with Crippen molar-refractivity contribution in [1.29, 1.82) is 0 Å². The summed E-state index contributed by atoms with van der Waals surface area (Å²) < 4.78 is 11.6. The number of carbonyl (C=O) groups is 1. The van der Waals surface area contributed by atoms with Crippen LogP contribution in [0.5, 0.6) is 11.5 Å². The number of aryl methyl sites for hydroxylation is 1. The summed E-state index contributed by atoms with van der Waals surface area (Å²) in [6, 6.07) is 1.78. The van der Waals surface area contributed by atoms with Crippen LogP contribution in [0.15, 0.2) is 10.5 Å². The highest BCUT2D eigenvalue weighted by molar-refractivity contribution is 9.10. The van der Waals surface area contributed by atoms with Gasteiger partial charge in [-0.25, -0.2) is 0 Å². The maximum absolute atomic E-state index is 11.0. The molecule has 1 aromatic rings. The number of phenolic OH excluding ortho intramolecular Hbond substituents is 1. The number of benzene rings is 1. The summed E-state index contributed by atoms with van der Waals surface area (Å²) in [6.45, 7) is 6.90. The average Bonchev–Trinajstić information content (AvgIpc) is 2.42. The summed E-state index contributed by atoms with van der Waals surface area (Å²) >= 11 is 3.45. The second kappa shape index (κ2) is 6.69. The molecule has 0 bridgehead atoms. The number of aromatic hydroxyl groups is 1. The number of halogens is 1. The lowest BCUT2D eigenvalue weighted by Crippen LogP contribution is -2.43. The largest absolute Gasteiger partial charge is 0.506 e. The maximum Gasteiger partial charge on any atom is 0.302 e. The third-order valence-corrected chi connectivity index (χ3v) is 4.97. The molecule has 0 amide bonds. The van der Waals surface area contributed by atoms with Gasteiger partial charge in [-0.15, -0.1) is 0 Å². The van der Waals surface area contributed by atoms with E-state index in [0.717, 1.165) is 5.56 Å². The first-order valence-corrected chi connectivity index (χ1v) is 8.45. The van der Waals surface area contributed by atoms with Crippen LogP contribution in [-0.2, 0) is 9.53 Å². The van der Waals surface area contributed by atoms with Crippen LogP contribution < -0.4 is 4.74 Å². The zero-order valence-corrected chi connectivity index (χ0v) is 15.4. The molecule has 6 heteroatoms. The molecule has 128 valence electrons. The molecule has 1 aliphatic heterocycles. The normalized spacial score (nSPS) is 20.6. The molecule has 1 aromatic carbocycles. The minimum Gasteiger partial charge on any atom is -0.506 e. The Morgan fingerprint density at radius 3 is 2.74 bits per heavy atom. The average molecular weight is 387 g/mol. The summed E-state index contributed by atoms with van der Waals surface area (Å²) in [7, 11) is 0. The molecular weight excluding hydrogens is 364 g/mol. The van der Waals surface area contributed by atoms with Gasteiger partial charge in [-0.05, 0) is 67.1 Å². The van der Waals surface area contributed by atoms with Crippen LogP contribution in [-0.4, -0.2) is 34.5 Å². The van der Waals surface area contributed by atoms with Crippen LogP contribution in [0.2, 0.25) is 0 Å². The Bertz CT molecular complexity index is 606. The topological polar surface area (TPSA) is 76.0 Å². The smallest absolute Gasteiger partial charge is 0.302 e. The van der Waals surface area contributed by atoms with Gasteiger partial charge in [-0.3, -0.25) is 4.79 Å². The molecule has 2 N–H and O–H groups in total. The molecule has 2 rings (SSSR count). The van der Waals surface area contributed by atoms with Gasteiger partial charge < -0.3 is 19.7 Å². The fourth-order valence-electron chi connectivity index (χ4n) is 2.85. The first-order valence-electron chi connectivity index (χ1n) is 7.65. The number of ether oxygens (including phenoxy) is 2. The van der Waals surface area contributed by atoms with Crippen LogP contribution >= 0.6 is 15.9 Å². The van der Waals surface area contributed by atoms with Crippen LogP contribution in [0, 0.1) is 6.92 Å². The van der Waals surface area contributed by atoms with Crippen molar-refractivity contribution in [2.45, 2.75) is 58.2 Å². The quantitative estimate of drug-likeness (QED) is 0.775. The van der Waals surface area contributed by atoms with Gasteiger partial charge in [0.2, 0.25) is 0 Å². The molecule has 0 radical (unpaired) electrons. The van der Waals surface area contributed by atoms with Crippen molar-refractivity contribution < 1.29 is 24.5 Å². The van der Waals surface area contributed by atoms with Crippen molar-refractivity contribution in [3.8, 4) is 11.5 Å². The summed E-state index contributed by atoms with van der Waals surface area (Å²) in [6.07, 6.45) is 0.816. The minimum absolute atomic E-state index is 0.00963. The molecular formula is C17H23BrO5. The lowest BCUT2D eigenvalue weighted by molar-refractivity contribution is -0.141. The number of hydrogen-bond acceptors (Lipinski definition) is 5. The number of aliphatic hydroxyl groups is 1. The molecule has 5 nitrogen and oxygen atoms in total. The first-order chi connectivity index (χ1) is 10.6. The summed E-state index contributed by atoms with van der Waals surface area (Å²) in [5, 5.41) is 20.5. The number of rotatable bonds is 4. The molecule has 23 heavy (non-hydrogen) atoms.